The lowest BCUT2D eigenvalue weighted by molar-refractivity contribution is -0.113. The number of anilines is 2. The summed E-state index contributed by atoms with van der Waals surface area (Å²) >= 11 is 2.67. The molecule has 1 aromatic carbocycles. The number of nitrogens with one attached hydrogen (secondary N) is 1. The summed E-state index contributed by atoms with van der Waals surface area (Å²) in [6.45, 7) is 3.72. The molecule has 0 saturated carbocycles. The number of hydrogen-bond donors (Lipinski definition) is 1. The number of aryl methyl sites for hydroxylation is 1. The van der Waals surface area contributed by atoms with Gasteiger partial charge in [-0.1, -0.05) is 46.5 Å². The largest absolute Gasteiger partial charge is 0.422 e. The van der Waals surface area contributed by atoms with Crippen LogP contribution >= 0.6 is 23.1 Å². The molecule has 4 heterocycles. The lowest BCUT2D eigenvalue weighted by Gasteiger charge is -2.34. The highest BCUT2D eigenvalue weighted by molar-refractivity contribution is 8.01. The Morgan fingerprint density at radius 2 is 1.94 bits per heavy atom. The highest BCUT2D eigenvalue weighted by Crippen LogP contribution is 2.29. The quantitative estimate of drug-likeness (QED) is 0.303. The molecule has 0 bridgehead atoms. The molecule has 0 unspecified atom stereocenters. The predicted octanol–water partition coefficient (Wildman–Crippen LogP) is 2.63. The molecular formula is C22H20N6O5S2. The Morgan fingerprint density at radius 3 is 2.71 bits per heavy atom. The van der Waals surface area contributed by atoms with E-state index >= 15 is 0 Å². The zero-order chi connectivity index (χ0) is 24.4. The number of carbonyl (C=O) groups excluding carboxylic acids is 2. The normalized spacial score (nSPS) is 13.9. The van der Waals surface area contributed by atoms with Gasteiger partial charge in [0.05, 0.1) is 5.75 Å². The molecule has 13 heteroatoms. The molecule has 11 nitrogen and oxygen atoms in total. The van der Waals surface area contributed by atoms with E-state index in [1.807, 2.05) is 11.0 Å². The van der Waals surface area contributed by atoms with E-state index in [4.69, 9.17) is 8.94 Å². The number of amides is 2. The average Bonchev–Trinajstić information content (AvgIpc) is 3.51. The number of para-hydroxylation sites is 1. The number of thioether (sulfide) groups is 1. The zero-order valence-electron chi connectivity index (χ0n) is 18.6. The van der Waals surface area contributed by atoms with Crippen LogP contribution < -0.4 is 15.8 Å². The highest BCUT2D eigenvalue weighted by Gasteiger charge is 2.26. The first-order valence-corrected chi connectivity index (χ1v) is 12.5. The summed E-state index contributed by atoms with van der Waals surface area (Å²) in [5.74, 6) is 0.595. The molecule has 4 aromatic rings. The standard InChI is InChI=1S/C22H20N6O5S2/c1-13-10-17(26-33-13)23-18(29)12-34-22-25-24-21(35-22)28-8-6-27(7-9-28)19(30)15-11-14-4-2-3-5-16(14)32-20(15)31/h2-5,10-11H,6-9,12H2,1H3,(H,23,26,29). The van der Waals surface area contributed by atoms with Crippen molar-refractivity contribution in [2.24, 2.45) is 0 Å². The number of nitrogens with zero attached hydrogens (tertiary/aromatic N) is 5. The maximum absolute atomic E-state index is 13.0. The minimum absolute atomic E-state index is 0.0332. The topological polar surface area (TPSA) is 135 Å². The van der Waals surface area contributed by atoms with Crippen LogP contribution in [0.2, 0.25) is 0 Å². The number of carbonyl (C=O) groups is 2. The first-order valence-electron chi connectivity index (χ1n) is 10.7. The molecule has 0 aliphatic carbocycles. The van der Waals surface area contributed by atoms with Crippen LogP contribution in [0.1, 0.15) is 16.1 Å². The van der Waals surface area contributed by atoms with Crippen LogP contribution in [0.15, 0.2) is 54.5 Å². The zero-order valence-corrected chi connectivity index (χ0v) is 20.2. The molecule has 1 aliphatic heterocycles. The molecule has 5 rings (SSSR count). The third kappa shape index (κ3) is 5.20. The van der Waals surface area contributed by atoms with Crippen LogP contribution in [0, 0.1) is 6.92 Å². The first-order chi connectivity index (χ1) is 17.0. The van der Waals surface area contributed by atoms with Gasteiger partial charge in [0, 0.05) is 37.6 Å². The maximum atomic E-state index is 13.0. The number of piperazine rings is 1. The van der Waals surface area contributed by atoms with Crippen LogP contribution in [0.5, 0.6) is 0 Å². The van der Waals surface area contributed by atoms with Crippen LogP contribution in [0.4, 0.5) is 10.9 Å². The number of aromatic nitrogens is 3. The maximum Gasteiger partial charge on any atom is 0.349 e. The summed E-state index contributed by atoms with van der Waals surface area (Å²) in [7, 11) is 0. The molecule has 1 fully saturated rings. The molecule has 2 amide bonds. The number of rotatable bonds is 6. The second-order valence-electron chi connectivity index (χ2n) is 7.77. The van der Waals surface area contributed by atoms with Crippen molar-refractivity contribution in [2.75, 3.05) is 42.1 Å². The Labute approximate surface area is 207 Å². The minimum Gasteiger partial charge on any atom is -0.422 e. The van der Waals surface area contributed by atoms with Gasteiger partial charge in [-0.25, -0.2) is 4.79 Å². The molecule has 0 spiro atoms. The van der Waals surface area contributed by atoms with Crippen molar-refractivity contribution in [3.63, 3.8) is 0 Å². The average molecular weight is 513 g/mol. The molecule has 3 aromatic heterocycles. The monoisotopic (exact) mass is 512 g/mol. The summed E-state index contributed by atoms with van der Waals surface area (Å²) in [6, 6.07) is 10.3. The first kappa shape index (κ1) is 23.1. The molecule has 0 atom stereocenters. The van der Waals surface area contributed by atoms with Gasteiger partial charge in [0.25, 0.3) is 5.91 Å². The van der Waals surface area contributed by atoms with E-state index in [1.54, 1.807) is 42.2 Å². The van der Waals surface area contributed by atoms with Crippen LogP contribution in [-0.2, 0) is 4.79 Å². The summed E-state index contributed by atoms with van der Waals surface area (Å²) < 4.78 is 10.9. The third-order valence-electron chi connectivity index (χ3n) is 5.33. The fraction of sp³-hybridized carbons (Fsp3) is 0.273. The molecule has 1 N–H and O–H groups in total. The van der Waals surface area contributed by atoms with Gasteiger partial charge in [0.1, 0.15) is 16.9 Å². The molecule has 180 valence electrons. The number of hydrogen-bond acceptors (Lipinski definition) is 11. The number of benzene rings is 1. The van der Waals surface area contributed by atoms with E-state index in [2.05, 4.69) is 20.7 Å². The van der Waals surface area contributed by atoms with Crippen molar-refractivity contribution in [1.82, 2.24) is 20.3 Å². The predicted molar refractivity (Wildman–Crippen MR) is 131 cm³/mol. The lowest BCUT2D eigenvalue weighted by Crippen LogP contribution is -2.49. The van der Waals surface area contributed by atoms with E-state index < -0.39 is 5.63 Å². The minimum atomic E-state index is -0.635. The van der Waals surface area contributed by atoms with Crippen LogP contribution in [0.25, 0.3) is 11.0 Å². The van der Waals surface area contributed by atoms with E-state index in [9.17, 15) is 14.4 Å². The Hall–Kier alpha value is -3.71. The Morgan fingerprint density at radius 1 is 1.14 bits per heavy atom. The van der Waals surface area contributed by atoms with E-state index in [1.165, 1.54) is 23.1 Å². The van der Waals surface area contributed by atoms with Crippen molar-refractivity contribution < 1.29 is 18.5 Å². The van der Waals surface area contributed by atoms with Gasteiger partial charge < -0.3 is 24.1 Å². The Balaban J connectivity index is 1.15. The second kappa shape index (κ2) is 9.88. The van der Waals surface area contributed by atoms with Gasteiger partial charge in [0.15, 0.2) is 10.2 Å². The van der Waals surface area contributed by atoms with Gasteiger partial charge in [-0.3, -0.25) is 9.59 Å². The van der Waals surface area contributed by atoms with Crippen molar-refractivity contribution >= 4 is 56.8 Å². The van der Waals surface area contributed by atoms with Crippen LogP contribution in [0.3, 0.4) is 0 Å². The molecule has 1 saturated heterocycles. The van der Waals surface area contributed by atoms with Crippen molar-refractivity contribution in [3.8, 4) is 0 Å². The van der Waals surface area contributed by atoms with E-state index in [-0.39, 0.29) is 23.1 Å². The van der Waals surface area contributed by atoms with Crippen molar-refractivity contribution in [2.45, 2.75) is 11.3 Å². The summed E-state index contributed by atoms with van der Waals surface area (Å²) in [5.41, 5.74) is -0.148. The molecule has 1 aliphatic rings. The Kier molecular flexibility index (Phi) is 6.51. The van der Waals surface area contributed by atoms with E-state index in [0.29, 0.717) is 53.1 Å². The molecule has 35 heavy (non-hydrogen) atoms. The van der Waals surface area contributed by atoms with Gasteiger partial charge in [-0.2, -0.15) is 0 Å². The van der Waals surface area contributed by atoms with Gasteiger partial charge >= 0.3 is 5.63 Å². The SMILES string of the molecule is Cc1cc(NC(=O)CSc2nnc(N3CCN(C(=O)c4cc5ccccc5oc4=O)CC3)s2)no1. The third-order valence-corrected chi connectivity index (χ3v) is 7.44. The highest BCUT2D eigenvalue weighted by atomic mass is 32.2. The second-order valence-corrected chi connectivity index (χ2v) is 9.95. The summed E-state index contributed by atoms with van der Waals surface area (Å²) in [4.78, 5) is 41.1. The van der Waals surface area contributed by atoms with E-state index in [0.717, 1.165) is 5.13 Å². The number of fused-ring (bicyclic) bond motifs is 1. The summed E-state index contributed by atoms with van der Waals surface area (Å²) in [5, 5.41) is 16.2. The Bertz CT molecular complexity index is 1440. The fourth-order valence-corrected chi connectivity index (χ4v) is 5.29. The van der Waals surface area contributed by atoms with Crippen molar-refractivity contribution in [3.05, 3.63) is 58.1 Å². The van der Waals surface area contributed by atoms with Crippen molar-refractivity contribution in [1.29, 1.82) is 0 Å². The molecule has 0 radical (unpaired) electrons. The smallest absolute Gasteiger partial charge is 0.349 e. The van der Waals surface area contributed by atoms with Gasteiger partial charge in [-0.05, 0) is 19.1 Å². The fourth-order valence-electron chi connectivity index (χ4n) is 3.60. The van der Waals surface area contributed by atoms with Gasteiger partial charge in [0.2, 0.25) is 11.0 Å². The molecular weight excluding hydrogens is 492 g/mol. The van der Waals surface area contributed by atoms with Crippen LogP contribution in [-0.4, -0.2) is 64.0 Å². The lowest BCUT2D eigenvalue weighted by atomic mass is 10.1. The summed E-state index contributed by atoms with van der Waals surface area (Å²) in [6.07, 6.45) is 0. The van der Waals surface area contributed by atoms with Gasteiger partial charge in [-0.15, -0.1) is 10.2 Å².